The monoisotopic (exact) mass is 332 g/mol. The van der Waals surface area contributed by atoms with Gasteiger partial charge < -0.3 is 25.3 Å². The van der Waals surface area contributed by atoms with Crippen molar-refractivity contribution in [1.82, 2.24) is 9.55 Å². The summed E-state index contributed by atoms with van der Waals surface area (Å²) >= 11 is 0. The van der Waals surface area contributed by atoms with Crippen LogP contribution >= 0.6 is 0 Å². The van der Waals surface area contributed by atoms with E-state index < -0.39 is 11.5 Å². The van der Waals surface area contributed by atoms with Gasteiger partial charge in [0.25, 0.3) is 5.56 Å². The number of nitrogens with one attached hydrogen (secondary N) is 1. The van der Waals surface area contributed by atoms with Crippen LogP contribution in [0, 0.1) is 0 Å². The standard InChI is InChI=1S/C15H16N4O5/c1-22-7-10-5-14(21)19(15(16)18-10)6-13(20)17-9-2-3-11-12(4-9)24-8-23-11/h2-5H,6-8H2,1H3,(H2,16,18)(H,17,20). The molecule has 0 bridgehead atoms. The number of benzene rings is 1. The van der Waals surface area contributed by atoms with Crippen LogP contribution in [0.3, 0.4) is 0 Å². The van der Waals surface area contributed by atoms with Gasteiger partial charge in [0.05, 0.1) is 12.3 Å². The van der Waals surface area contributed by atoms with E-state index in [0.29, 0.717) is 22.9 Å². The molecule has 9 nitrogen and oxygen atoms in total. The van der Waals surface area contributed by atoms with Crippen LogP contribution < -0.4 is 26.1 Å². The molecular formula is C15H16N4O5. The molecule has 1 aromatic heterocycles. The molecule has 3 N–H and O–H groups in total. The Morgan fingerprint density at radius 3 is 2.92 bits per heavy atom. The van der Waals surface area contributed by atoms with E-state index in [-0.39, 0.29) is 25.9 Å². The molecule has 0 radical (unpaired) electrons. The summed E-state index contributed by atoms with van der Waals surface area (Å²) in [6, 6.07) is 6.30. The molecule has 24 heavy (non-hydrogen) atoms. The molecule has 1 amide bonds. The van der Waals surface area contributed by atoms with Crippen molar-refractivity contribution in [2.24, 2.45) is 0 Å². The number of methoxy groups -OCH3 is 1. The maximum atomic E-state index is 12.1. The first-order valence-electron chi connectivity index (χ1n) is 7.11. The number of amides is 1. The van der Waals surface area contributed by atoms with Gasteiger partial charge in [-0.1, -0.05) is 0 Å². The number of nitrogen functional groups attached to an aromatic ring is 1. The zero-order chi connectivity index (χ0) is 17.1. The molecule has 0 atom stereocenters. The largest absolute Gasteiger partial charge is 0.454 e. The first-order valence-corrected chi connectivity index (χ1v) is 7.11. The van der Waals surface area contributed by atoms with Crippen LogP contribution in [0.15, 0.2) is 29.1 Å². The van der Waals surface area contributed by atoms with Gasteiger partial charge in [-0.2, -0.15) is 0 Å². The number of hydrogen-bond donors (Lipinski definition) is 2. The van der Waals surface area contributed by atoms with Gasteiger partial charge in [0, 0.05) is 24.9 Å². The Morgan fingerprint density at radius 2 is 2.17 bits per heavy atom. The average Bonchev–Trinajstić information content (AvgIpc) is 2.99. The molecule has 0 unspecified atom stereocenters. The lowest BCUT2D eigenvalue weighted by atomic mass is 10.3. The molecule has 3 rings (SSSR count). The molecule has 126 valence electrons. The van der Waals surface area contributed by atoms with Crippen molar-refractivity contribution in [3.8, 4) is 11.5 Å². The van der Waals surface area contributed by atoms with Gasteiger partial charge >= 0.3 is 0 Å². The van der Waals surface area contributed by atoms with Crippen molar-refractivity contribution in [2.45, 2.75) is 13.2 Å². The SMILES string of the molecule is COCc1cc(=O)n(CC(=O)Nc2ccc3c(c2)OCO3)c(N)n1. The third-order valence-corrected chi connectivity index (χ3v) is 3.34. The number of nitrogens with two attached hydrogens (primary N) is 1. The highest BCUT2D eigenvalue weighted by atomic mass is 16.7. The van der Waals surface area contributed by atoms with Crippen molar-refractivity contribution in [3.05, 3.63) is 40.3 Å². The van der Waals surface area contributed by atoms with Crippen LogP contribution in [-0.4, -0.2) is 29.4 Å². The number of aromatic nitrogens is 2. The van der Waals surface area contributed by atoms with E-state index in [1.807, 2.05) is 0 Å². The second-order valence-electron chi connectivity index (χ2n) is 5.08. The molecule has 0 spiro atoms. The molecule has 0 aliphatic carbocycles. The van der Waals surface area contributed by atoms with Crippen LogP contribution in [0.2, 0.25) is 0 Å². The minimum Gasteiger partial charge on any atom is -0.454 e. The number of fused-ring (bicyclic) bond motifs is 1. The lowest BCUT2D eigenvalue weighted by Gasteiger charge is -2.11. The van der Waals surface area contributed by atoms with Crippen molar-refractivity contribution < 1.29 is 19.0 Å². The van der Waals surface area contributed by atoms with E-state index in [1.54, 1.807) is 18.2 Å². The second-order valence-corrected chi connectivity index (χ2v) is 5.08. The molecule has 0 fully saturated rings. The lowest BCUT2D eigenvalue weighted by Crippen LogP contribution is -2.30. The summed E-state index contributed by atoms with van der Waals surface area (Å²) in [7, 11) is 1.49. The molecule has 1 aromatic carbocycles. The van der Waals surface area contributed by atoms with Crippen LogP contribution in [0.4, 0.5) is 11.6 Å². The van der Waals surface area contributed by atoms with Gasteiger partial charge in [-0.05, 0) is 12.1 Å². The Bertz CT molecular complexity index is 833. The minimum atomic E-state index is -0.421. The molecule has 1 aliphatic heterocycles. The number of nitrogens with zero attached hydrogens (tertiary/aromatic N) is 2. The fourth-order valence-electron chi connectivity index (χ4n) is 2.27. The number of carbonyl (C=O) groups is 1. The van der Waals surface area contributed by atoms with Gasteiger partial charge in [0.2, 0.25) is 18.6 Å². The third-order valence-electron chi connectivity index (χ3n) is 3.34. The molecule has 2 aromatic rings. The summed E-state index contributed by atoms with van der Waals surface area (Å²) in [5.74, 6) is 0.709. The number of rotatable bonds is 5. The van der Waals surface area contributed by atoms with Crippen molar-refractivity contribution in [1.29, 1.82) is 0 Å². The van der Waals surface area contributed by atoms with Gasteiger partial charge in [0.15, 0.2) is 11.5 Å². The van der Waals surface area contributed by atoms with E-state index >= 15 is 0 Å². The van der Waals surface area contributed by atoms with E-state index in [0.717, 1.165) is 4.57 Å². The first kappa shape index (κ1) is 15.8. The topological polar surface area (TPSA) is 118 Å². The Morgan fingerprint density at radius 1 is 1.38 bits per heavy atom. The van der Waals surface area contributed by atoms with Gasteiger partial charge in [-0.3, -0.25) is 14.2 Å². The maximum Gasteiger partial charge on any atom is 0.255 e. The smallest absolute Gasteiger partial charge is 0.255 e. The van der Waals surface area contributed by atoms with Gasteiger partial charge in [-0.15, -0.1) is 0 Å². The summed E-state index contributed by atoms with van der Waals surface area (Å²) in [6.07, 6.45) is 0. The first-order chi connectivity index (χ1) is 11.6. The zero-order valence-corrected chi connectivity index (χ0v) is 12.9. The fourth-order valence-corrected chi connectivity index (χ4v) is 2.27. The zero-order valence-electron chi connectivity index (χ0n) is 12.9. The number of anilines is 2. The average molecular weight is 332 g/mol. The second kappa shape index (κ2) is 6.59. The highest BCUT2D eigenvalue weighted by molar-refractivity contribution is 5.91. The maximum absolute atomic E-state index is 12.1. The fraction of sp³-hybridized carbons (Fsp3) is 0.267. The van der Waals surface area contributed by atoms with E-state index in [4.69, 9.17) is 19.9 Å². The third kappa shape index (κ3) is 3.30. The summed E-state index contributed by atoms with van der Waals surface area (Å²) in [4.78, 5) is 28.2. The number of carbonyl (C=O) groups excluding carboxylic acids is 1. The molecule has 1 aliphatic rings. The summed E-state index contributed by atoms with van der Waals surface area (Å²) in [6.45, 7) is 0.0706. The van der Waals surface area contributed by atoms with E-state index in [2.05, 4.69) is 10.3 Å². The summed E-state index contributed by atoms with van der Waals surface area (Å²) in [5, 5.41) is 2.67. The van der Waals surface area contributed by atoms with E-state index in [9.17, 15) is 9.59 Å². The van der Waals surface area contributed by atoms with E-state index in [1.165, 1.54) is 13.2 Å². The van der Waals surface area contributed by atoms with Crippen molar-refractivity contribution >= 4 is 17.5 Å². The van der Waals surface area contributed by atoms with Crippen LogP contribution in [0.1, 0.15) is 5.69 Å². The summed E-state index contributed by atoms with van der Waals surface area (Å²) in [5.41, 5.74) is 6.26. The predicted octanol–water partition coefficient (Wildman–Crippen LogP) is 0.339. The highest BCUT2D eigenvalue weighted by Gasteiger charge is 2.15. The predicted molar refractivity (Wildman–Crippen MR) is 84.8 cm³/mol. The van der Waals surface area contributed by atoms with Crippen LogP contribution in [-0.2, 0) is 22.7 Å². The molecule has 0 saturated heterocycles. The Hall–Kier alpha value is -3.07. The Labute approximate surface area is 137 Å². The lowest BCUT2D eigenvalue weighted by molar-refractivity contribution is -0.116. The molecule has 9 heteroatoms. The molecular weight excluding hydrogens is 316 g/mol. The summed E-state index contributed by atoms with van der Waals surface area (Å²) < 4.78 is 16.4. The molecule has 2 heterocycles. The van der Waals surface area contributed by atoms with Gasteiger partial charge in [-0.25, -0.2) is 4.98 Å². The minimum absolute atomic E-state index is 0.0459. The molecule has 0 saturated carbocycles. The van der Waals surface area contributed by atoms with Gasteiger partial charge in [0.1, 0.15) is 6.54 Å². The quantitative estimate of drug-likeness (QED) is 0.810. The number of hydrogen-bond acceptors (Lipinski definition) is 7. The Balaban J connectivity index is 1.72. The Kier molecular flexibility index (Phi) is 4.34. The van der Waals surface area contributed by atoms with Crippen LogP contribution in [0.5, 0.6) is 11.5 Å². The van der Waals surface area contributed by atoms with Crippen molar-refractivity contribution in [2.75, 3.05) is 25.0 Å². The van der Waals surface area contributed by atoms with Crippen LogP contribution in [0.25, 0.3) is 0 Å². The number of ether oxygens (including phenoxy) is 3. The normalized spacial score (nSPS) is 12.2. The van der Waals surface area contributed by atoms with Crippen molar-refractivity contribution in [3.63, 3.8) is 0 Å². The highest BCUT2D eigenvalue weighted by Crippen LogP contribution is 2.34.